The smallest absolute Gasteiger partial charge is 0.225 e. The number of hydrogen-bond acceptors (Lipinski definition) is 3. The minimum atomic E-state index is -0.702. The van der Waals surface area contributed by atoms with Gasteiger partial charge in [0, 0.05) is 19.1 Å². The van der Waals surface area contributed by atoms with Crippen LogP contribution in [0.2, 0.25) is 0 Å². The van der Waals surface area contributed by atoms with Crippen molar-refractivity contribution in [2.24, 2.45) is 0 Å². The highest BCUT2D eigenvalue weighted by Crippen LogP contribution is 2.33. The topological polar surface area (TPSA) is 43.8 Å². The van der Waals surface area contributed by atoms with Crippen LogP contribution < -0.4 is 0 Å². The number of nitrogens with zero attached hydrogens (tertiary/aromatic N) is 2. The van der Waals surface area contributed by atoms with Crippen molar-refractivity contribution in [2.75, 3.05) is 26.2 Å². The molecular formula is C18H32N2O2. The number of carbonyl (C=O) groups is 1. The van der Waals surface area contributed by atoms with E-state index in [0.717, 1.165) is 45.2 Å². The Bertz CT molecular complexity index is 371. The van der Waals surface area contributed by atoms with Gasteiger partial charge in [0.15, 0.2) is 0 Å². The third-order valence-electron chi connectivity index (χ3n) is 5.92. The van der Waals surface area contributed by atoms with E-state index >= 15 is 0 Å². The zero-order chi connectivity index (χ0) is 15.4. The van der Waals surface area contributed by atoms with Crippen molar-refractivity contribution in [3.63, 3.8) is 0 Å². The number of likely N-dealkylation sites (tertiary alicyclic amines) is 2. The van der Waals surface area contributed by atoms with E-state index in [2.05, 4.69) is 4.90 Å². The highest BCUT2D eigenvalue weighted by atomic mass is 16.3. The van der Waals surface area contributed by atoms with Gasteiger partial charge in [0.1, 0.15) is 0 Å². The lowest BCUT2D eigenvalue weighted by Gasteiger charge is -2.40. The largest absolute Gasteiger partial charge is 0.389 e. The summed E-state index contributed by atoms with van der Waals surface area (Å²) in [6.07, 6.45) is 11.8. The molecule has 1 amide bonds. The van der Waals surface area contributed by atoms with Gasteiger partial charge in [0.2, 0.25) is 5.91 Å². The second-order valence-electron chi connectivity index (χ2n) is 7.69. The molecule has 2 saturated heterocycles. The summed E-state index contributed by atoms with van der Waals surface area (Å²) in [6.45, 7) is 4.18. The number of rotatable bonds is 3. The summed E-state index contributed by atoms with van der Waals surface area (Å²) in [6, 6.07) is 0.550. The molecule has 3 fully saturated rings. The zero-order valence-electron chi connectivity index (χ0n) is 13.9. The maximum atomic E-state index is 12.6. The van der Waals surface area contributed by atoms with Crippen LogP contribution in [0.5, 0.6) is 0 Å². The molecular weight excluding hydrogens is 276 g/mol. The quantitative estimate of drug-likeness (QED) is 0.871. The lowest BCUT2D eigenvalue weighted by atomic mass is 9.96. The molecule has 1 aliphatic carbocycles. The summed E-state index contributed by atoms with van der Waals surface area (Å²) in [5.74, 6) is 0.184. The van der Waals surface area contributed by atoms with Crippen LogP contribution in [-0.2, 0) is 4.79 Å². The first-order chi connectivity index (χ1) is 10.7. The SMILES string of the molecule is O=C(CC1(O)CCCC1)N1CCCC(N2CCCCCC2)C1. The van der Waals surface area contributed by atoms with Crippen molar-refractivity contribution in [1.29, 1.82) is 0 Å². The van der Waals surface area contributed by atoms with Crippen molar-refractivity contribution in [2.45, 2.75) is 82.3 Å². The fourth-order valence-electron chi connectivity index (χ4n) is 4.54. The minimum Gasteiger partial charge on any atom is -0.389 e. The average Bonchev–Trinajstić information content (AvgIpc) is 2.78. The maximum absolute atomic E-state index is 12.6. The Morgan fingerprint density at radius 3 is 2.32 bits per heavy atom. The van der Waals surface area contributed by atoms with Gasteiger partial charge in [-0.25, -0.2) is 0 Å². The van der Waals surface area contributed by atoms with Crippen LogP contribution in [0.4, 0.5) is 0 Å². The Labute approximate surface area is 134 Å². The van der Waals surface area contributed by atoms with E-state index in [-0.39, 0.29) is 5.91 Å². The molecule has 0 aromatic carbocycles. The predicted molar refractivity (Wildman–Crippen MR) is 87.7 cm³/mol. The predicted octanol–water partition coefficient (Wildman–Crippen LogP) is 2.55. The Morgan fingerprint density at radius 1 is 0.955 bits per heavy atom. The summed E-state index contributed by atoms with van der Waals surface area (Å²) in [5.41, 5.74) is -0.702. The number of amides is 1. The normalized spacial score (nSPS) is 30.2. The molecule has 1 saturated carbocycles. The fraction of sp³-hybridized carbons (Fsp3) is 0.944. The first-order valence-corrected chi connectivity index (χ1v) is 9.41. The van der Waals surface area contributed by atoms with Gasteiger partial charge < -0.3 is 10.0 Å². The van der Waals surface area contributed by atoms with Gasteiger partial charge in [-0.15, -0.1) is 0 Å². The van der Waals surface area contributed by atoms with E-state index in [0.29, 0.717) is 12.5 Å². The fourth-order valence-corrected chi connectivity index (χ4v) is 4.54. The summed E-state index contributed by atoms with van der Waals surface area (Å²) >= 11 is 0. The molecule has 4 nitrogen and oxygen atoms in total. The van der Waals surface area contributed by atoms with Crippen LogP contribution in [0.15, 0.2) is 0 Å². The van der Waals surface area contributed by atoms with E-state index in [9.17, 15) is 9.90 Å². The molecule has 1 N–H and O–H groups in total. The molecule has 2 heterocycles. The Hall–Kier alpha value is -0.610. The van der Waals surface area contributed by atoms with E-state index in [1.54, 1.807) is 0 Å². The number of aliphatic hydroxyl groups is 1. The van der Waals surface area contributed by atoms with Crippen molar-refractivity contribution >= 4 is 5.91 Å². The van der Waals surface area contributed by atoms with Gasteiger partial charge in [0.05, 0.1) is 12.0 Å². The maximum Gasteiger partial charge on any atom is 0.225 e. The molecule has 1 unspecified atom stereocenters. The van der Waals surface area contributed by atoms with Crippen LogP contribution in [0, 0.1) is 0 Å². The lowest BCUT2D eigenvalue weighted by Crippen LogP contribution is -2.51. The standard InChI is InChI=1S/C18H32N2O2/c21-17(14-18(22)9-3-4-10-18)20-13-7-8-16(15-20)19-11-5-1-2-6-12-19/h16,22H,1-15H2. The zero-order valence-corrected chi connectivity index (χ0v) is 13.9. The first-order valence-electron chi connectivity index (χ1n) is 9.41. The van der Waals surface area contributed by atoms with E-state index in [1.165, 1.54) is 45.2 Å². The average molecular weight is 308 g/mol. The highest BCUT2D eigenvalue weighted by molar-refractivity contribution is 5.77. The van der Waals surface area contributed by atoms with Crippen molar-refractivity contribution in [3.8, 4) is 0 Å². The second-order valence-corrected chi connectivity index (χ2v) is 7.69. The van der Waals surface area contributed by atoms with Crippen LogP contribution in [-0.4, -0.2) is 58.6 Å². The number of carbonyl (C=O) groups excluding carboxylic acids is 1. The van der Waals surface area contributed by atoms with Gasteiger partial charge in [-0.3, -0.25) is 9.69 Å². The molecule has 4 heteroatoms. The van der Waals surface area contributed by atoms with Crippen LogP contribution in [0.3, 0.4) is 0 Å². The third-order valence-corrected chi connectivity index (χ3v) is 5.92. The third kappa shape index (κ3) is 4.02. The summed E-state index contributed by atoms with van der Waals surface area (Å²) in [5, 5.41) is 10.5. The second kappa shape index (κ2) is 7.31. The van der Waals surface area contributed by atoms with Gasteiger partial charge >= 0.3 is 0 Å². The van der Waals surface area contributed by atoms with Crippen molar-refractivity contribution < 1.29 is 9.90 Å². The molecule has 3 rings (SSSR count). The number of hydrogen-bond donors (Lipinski definition) is 1. The van der Waals surface area contributed by atoms with E-state index in [4.69, 9.17) is 0 Å². The van der Waals surface area contributed by atoms with Crippen molar-refractivity contribution in [1.82, 2.24) is 9.80 Å². The number of piperidine rings is 1. The molecule has 0 aromatic heterocycles. The minimum absolute atomic E-state index is 0.184. The Morgan fingerprint density at radius 2 is 1.64 bits per heavy atom. The Kier molecular flexibility index (Phi) is 5.40. The van der Waals surface area contributed by atoms with Gasteiger partial charge in [-0.1, -0.05) is 25.7 Å². The molecule has 3 aliphatic rings. The summed E-state index contributed by atoms with van der Waals surface area (Å²) in [7, 11) is 0. The van der Waals surface area contributed by atoms with Gasteiger partial charge in [0.25, 0.3) is 0 Å². The lowest BCUT2D eigenvalue weighted by molar-refractivity contribution is -0.138. The molecule has 1 atom stereocenters. The summed E-state index contributed by atoms with van der Waals surface area (Å²) in [4.78, 5) is 17.3. The Balaban J connectivity index is 1.54. The molecule has 0 aromatic rings. The van der Waals surface area contributed by atoms with E-state index in [1.807, 2.05) is 4.90 Å². The van der Waals surface area contributed by atoms with Crippen LogP contribution >= 0.6 is 0 Å². The van der Waals surface area contributed by atoms with Crippen LogP contribution in [0.25, 0.3) is 0 Å². The molecule has 0 bridgehead atoms. The van der Waals surface area contributed by atoms with Gasteiger partial charge in [-0.2, -0.15) is 0 Å². The van der Waals surface area contributed by atoms with Gasteiger partial charge in [-0.05, 0) is 51.6 Å². The first kappa shape index (κ1) is 16.3. The van der Waals surface area contributed by atoms with E-state index < -0.39 is 5.60 Å². The molecule has 0 radical (unpaired) electrons. The highest BCUT2D eigenvalue weighted by Gasteiger charge is 2.36. The molecule has 2 aliphatic heterocycles. The summed E-state index contributed by atoms with van der Waals surface area (Å²) < 4.78 is 0. The monoisotopic (exact) mass is 308 g/mol. The van der Waals surface area contributed by atoms with Crippen molar-refractivity contribution in [3.05, 3.63) is 0 Å². The van der Waals surface area contributed by atoms with Crippen LogP contribution in [0.1, 0.15) is 70.6 Å². The molecule has 126 valence electrons. The molecule has 0 spiro atoms. The molecule has 22 heavy (non-hydrogen) atoms.